The molecule has 2 aromatic heterocycles. The molecule has 1 aliphatic heterocycles. The van der Waals surface area contributed by atoms with Crippen LogP contribution >= 0.6 is 0 Å². The lowest BCUT2D eigenvalue weighted by Gasteiger charge is -2.17. The van der Waals surface area contributed by atoms with E-state index in [0.717, 1.165) is 6.42 Å². The van der Waals surface area contributed by atoms with E-state index in [4.69, 9.17) is 9.26 Å². The van der Waals surface area contributed by atoms with Crippen LogP contribution in [0.5, 0.6) is 5.75 Å². The van der Waals surface area contributed by atoms with Crippen LogP contribution in [0, 0.1) is 0 Å². The standard InChI is InChI=1S/C18H20N6O3/c1-3-16-19-17(27-21-16)15-11-24(22-20-15)13-7-8-23(10-13)18(25)12-5-4-6-14(9-12)26-2/h4-6,9,11,13H,3,7-8,10H2,1-2H3/t13-/m1/s1. The molecule has 1 atom stereocenters. The van der Waals surface area contributed by atoms with Crippen LogP contribution in [0.2, 0.25) is 0 Å². The number of hydrogen-bond acceptors (Lipinski definition) is 7. The SMILES string of the molecule is CCc1noc(-c2cn([C@@H]3CCN(C(=O)c4cccc(OC)c4)C3)nn2)n1. The lowest BCUT2D eigenvalue weighted by atomic mass is 10.2. The van der Waals surface area contributed by atoms with Gasteiger partial charge in [0.25, 0.3) is 11.8 Å². The number of carbonyl (C=O) groups excluding carboxylic acids is 1. The van der Waals surface area contributed by atoms with Crippen molar-refractivity contribution in [1.82, 2.24) is 30.0 Å². The Labute approximate surface area is 155 Å². The molecule has 0 spiro atoms. The minimum atomic E-state index is -0.0128. The molecule has 0 saturated carbocycles. The predicted octanol–water partition coefficient (Wildman–Crippen LogP) is 1.99. The second-order valence-electron chi connectivity index (χ2n) is 6.38. The van der Waals surface area contributed by atoms with Crippen LogP contribution in [0.25, 0.3) is 11.6 Å². The Hall–Kier alpha value is -3.23. The van der Waals surface area contributed by atoms with Crippen LogP contribution in [0.3, 0.4) is 0 Å². The first-order chi connectivity index (χ1) is 13.2. The van der Waals surface area contributed by atoms with E-state index in [1.165, 1.54) is 0 Å². The molecular formula is C18H20N6O3. The Morgan fingerprint density at radius 1 is 1.41 bits per heavy atom. The van der Waals surface area contributed by atoms with Crippen molar-refractivity contribution in [1.29, 1.82) is 0 Å². The molecular weight excluding hydrogens is 348 g/mol. The minimum Gasteiger partial charge on any atom is -0.497 e. The lowest BCUT2D eigenvalue weighted by molar-refractivity contribution is 0.0786. The quantitative estimate of drug-likeness (QED) is 0.679. The van der Waals surface area contributed by atoms with Gasteiger partial charge in [-0.25, -0.2) is 4.68 Å². The van der Waals surface area contributed by atoms with Crippen molar-refractivity contribution in [2.75, 3.05) is 20.2 Å². The number of hydrogen-bond donors (Lipinski definition) is 0. The zero-order valence-corrected chi connectivity index (χ0v) is 15.2. The number of rotatable bonds is 5. The van der Waals surface area contributed by atoms with E-state index in [-0.39, 0.29) is 11.9 Å². The summed E-state index contributed by atoms with van der Waals surface area (Å²) in [6, 6.07) is 7.26. The normalized spacial score (nSPS) is 16.7. The zero-order chi connectivity index (χ0) is 18.8. The maximum atomic E-state index is 12.7. The van der Waals surface area contributed by atoms with E-state index in [2.05, 4.69) is 20.5 Å². The van der Waals surface area contributed by atoms with Crippen LogP contribution in [-0.4, -0.2) is 56.1 Å². The highest BCUT2D eigenvalue weighted by molar-refractivity contribution is 5.94. The monoisotopic (exact) mass is 368 g/mol. The van der Waals surface area contributed by atoms with Gasteiger partial charge in [0.15, 0.2) is 11.5 Å². The summed E-state index contributed by atoms with van der Waals surface area (Å²) in [5, 5.41) is 12.2. The molecule has 0 radical (unpaired) electrons. The molecule has 0 N–H and O–H groups in total. The van der Waals surface area contributed by atoms with E-state index in [0.29, 0.717) is 48.2 Å². The third-order valence-electron chi connectivity index (χ3n) is 4.66. The Balaban J connectivity index is 1.45. The minimum absolute atomic E-state index is 0.0128. The van der Waals surface area contributed by atoms with Crippen molar-refractivity contribution < 1.29 is 14.1 Å². The number of likely N-dealkylation sites (tertiary alicyclic amines) is 1. The van der Waals surface area contributed by atoms with E-state index in [1.807, 2.05) is 24.0 Å². The van der Waals surface area contributed by atoms with Gasteiger partial charge in [-0.05, 0) is 24.6 Å². The topological polar surface area (TPSA) is 99.2 Å². The molecule has 27 heavy (non-hydrogen) atoms. The number of carbonyl (C=O) groups is 1. The van der Waals surface area contributed by atoms with E-state index < -0.39 is 0 Å². The Kier molecular flexibility index (Phi) is 4.57. The molecule has 140 valence electrons. The Morgan fingerprint density at radius 3 is 3.07 bits per heavy atom. The summed E-state index contributed by atoms with van der Waals surface area (Å²) in [7, 11) is 1.59. The summed E-state index contributed by atoms with van der Waals surface area (Å²) < 4.78 is 12.2. The zero-order valence-electron chi connectivity index (χ0n) is 15.2. The van der Waals surface area contributed by atoms with E-state index >= 15 is 0 Å². The molecule has 9 heteroatoms. The lowest BCUT2D eigenvalue weighted by Crippen LogP contribution is -2.29. The van der Waals surface area contributed by atoms with Crippen LogP contribution < -0.4 is 4.74 Å². The highest BCUT2D eigenvalue weighted by atomic mass is 16.5. The molecule has 9 nitrogen and oxygen atoms in total. The largest absolute Gasteiger partial charge is 0.497 e. The van der Waals surface area contributed by atoms with Crippen molar-refractivity contribution in [3.05, 3.63) is 41.9 Å². The van der Waals surface area contributed by atoms with Crippen molar-refractivity contribution in [2.24, 2.45) is 0 Å². The average molecular weight is 368 g/mol. The maximum absolute atomic E-state index is 12.7. The number of ether oxygens (including phenoxy) is 1. The Morgan fingerprint density at radius 2 is 2.30 bits per heavy atom. The van der Waals surface area contributed by atoms with Gasteiger partial charge in [0.1, 0.15) is 5.75 Å². The van der Waals surface area contributed by atoms with Crippen LogP contribution in [0.15, 0.2) is 35.0 Å². The van der Waals surface area contributed by atoms with Gasteiger partial charge in [0.2, 0.25) is 0 Å². The molecule has 1 aromatic carbocycles. The average Bonchev–Trinajstić information content (AvgIpc) is 3.46. The van der Waals surface area contributed by atoms with Crippen molar-refractivity contribution >= 4 is 5.91 Å². The van der Waals surface area contributed by atoms with Crippen molar-refractivity contribution in [3.63, 3.8) is 0 Å². The molecule has 0 bridgehead atoms. The molecule has 1 saturated heterocycles. The highest BCUT2D eigenvalue weighted by Crippen LogP contribution is 2.25. The first kappa shape index (κ1) is 17.2. The van der Waals surface area contributed by atoms with Gasteiger partial charge in [-0.15, -0.1) is 5.10 Å². The smallest absolute Gasteiger partial charge is 0.280 e. The summed E-state index contributed by atoms with van der Waals surface area (Å²) in [4.78, 5) is 18.8. The van der Waals surface area contributed by atoms with E-state index in [9.17, 15) is 4.79 Å². The summed E-state index contributed by atoms with van der Waals surface area (Å²) in [6.07, 6.45) is 3.29. The third kappa shape index (κ3) is 3.40. The summed E-state index contributed by atoms with van der Waals surface area (Å²) in [5.41, 5.74) is 1.16. The van der Waals surface area contributed by atoms with Crippen molar-refractivity contribution in [3.8, 4) is 17.3 Å². The van der Waals surface area contributed by atoms with Gasteiger partial charge < -0.3 is 14.2 Å². The maximum Gasteiger partial charge on any atom is 0.280 e. The van der Waals surface area contributed by atoms with Gasteiger partial charge in [0, 0.05) is 25.1 Å². The van der Waals surface area contributed by atoms with Gasteiger partial charge in [-0.1, -0.05) is 23.4 Å². The van der Waals surface area contributed by atoms with Crippen LogP contribution in [-0.2, 0) is 6.42 Å². The number of aromatic nitrogens is 5. The molecule has 1 fully saturated rings. The number of methoxy groups -OCH3 is 1. The van der Waals surface area contributed by atoms with Crippen LogP contribution in [0.1, 0.15) is 35.6 Å². The van der Waals surface area contributed by atoms with Gasteiger partial charge in [-0.3, -0.25) is 4.79 Å². The fourth-order valence-corrected chi connectivity index (χ4v) is 3.14. The predicted molar refractivity (Wildman–Crippen MR) is 95.2 cm³/mol. The number of nitrogens with zero attached hydrogens (tertiary/aromatic N) is 6. The van der Waals surface area contributed by atoms with Crippen molar-refractivity contribution in [2.45, 2.75) is 25.8 Å². The molecule has 1 aliphatic rings. The second kappa shape index (κ2) is 7.18. The first-order valence-corrected chi connectivity index (χ1v) is 8.86. The number of aryl methyl sites for hydroxylation is 1. The molecule has 3 heterocycles. The van der Waals surface area contributed by atoms with Gasteiger partial charge in [-0.2, -0.15) is 4.98 Å². The summed E-state index contributed by atoms with van der Waals surface area (Å²) in [5.74, 6) is 1.65. The summed E-state index contributed by atoms with van der Waals surface area (Å²) in [6.45, 7) is 3.19. The number of benzene rings is 1. The molecule has 0 unspecified atom stereocenters. The molecule has 1 amide bonds. The van der Waals surface area contributed by atoms with E-state index in [1.54, 1.807) is 30.1 Å². The fourth-order valence-electron chi connectivity index (χ4n) is 3.14. The fraction of sp³-hybridized carbons (Fsp3) is 0.389. The molecule has 4 rings (SSSR count). The third-order valence-corrected chi connectivity index (χ3v) is 4.66. The molecule has 0 aliphatic carbocycles. The molecule has 3 aromatic rings. The number of amides is 1. The summed E-state index contributed by atoms with van der Waals surface area (Å²) >= 11 is 0. The Bertz CT molecular complexity index is 950. The van der Waals surface area contributed by atoms with Gasteiger partial charge >= 0.3 is 0 Å². The first-order valence-electron chi connectivity index (χ1n) is 8.86. The van der Waals surface area contributed by atoms with Crippen LogP contribution in [0.4, 0.5) is 0 Å². The second-order valence-corrected chi connectivity index (χ2v) is 6.38. The van der Waals surface area contributed by atoms with Gasteiger partial charge in [0.05, 0.1) is 19.3 Å². The highest BCUT2D eigenvalue weighted by Gasteiger charge is 2.29.